The normalized spacial score (nSPS) is 27.3. The van der Waals surface area contributed by atoms with Crippen LogP contribution < -0.4 is 10.2 Å². The average Bonchev–Trinajstić information content (AvgIpc) is 2.91. The highest BCUT2D eigenvalue weighted by Crippen LogP contribution is 2.60. The van der Waals surface area contributed by atoms with E-state index in [0.717, 1.165) is 59.3 Å². The number of fused-ring (bicyclic) bond motifs is 3. The molecule has 5 atom stereocenters. The molecule has 0 aromatic heterocycles. The maximum absolute atomic E-state index is 14.7. The molecule has 0 saturated heterocycles. The summed E-state index contributed by atoms with van der Waals surface area (Å²) in [6, 6.07) is 2.19. The third kappa shape index (κ3) is 5.11. The number of hydrogen-bond acceptors (Lipinski definition) is 7. The molecule has 1 aromatic rings. The predicted molar refractivity (Wildman–Crippen MR) is 172 cm³/mol. The van der Waals surface area contributed by atoms with E-state index in [1.54, 1.807) is 6.92 Å². The minimum atomic E-state index is -0.361. The number of carbonyl (C=O) groups excluding carboxylic acids is 2. The lowest BCUT2D eigenvalue weighted by Crippen LogP contribution is -2.55. The summed E-state index contributed by atoms with van der Waals surface area (Å²) in [5.74, 6) is 0.980. The van der Waals surface area contributed by atoms with E-state index in [1.165, 1.54) is 5.57 Å². The van der Waals surface area contributed by atoms with Gasteiger partial charge < -0.3 is 15.1 Å². The van der Waals surface area contributed by atoms with Gasteiger partial charge in [0.05, 0.1) is 5.56 Å². The van der Waals surface area contributed by atoms with E-state index >= 15 is 0 Å². The van der Waals surface area contributed by atoms with Crippen molar-refractivity contribution in [3.05, 3.63) is 50.0 Å². The Morgan fingerprint density at radius 3 is 2.36 bits per heavy atom. The van der Waals surface area contributed by atoms with Crippen LogP contribution in [0.1, 0.15) is 89.2 Å². The van der Waals surface area contributed by atoms with Gasteiger partial charge in [-0.1, -0.05) is 40.2 Å². The van der Waals surface area contributed by atoms with Crippen molar-refractivity contribution in [2.75, 3.05) is 39.6 Å². The summed E-state index contributed by atoms with van der Waals surface area (Å²) in [4.78, 5) is 44.8. The van der Waals surface area contributed by atoms with Crippen LogP contribution in [0.15, 0.2) is 33.5 Å². The van der Waals surface area contributed by atoms with E-state index in [-0.39, 0.29) is 46.5 Å². The van der Waals surface area contributed by atoms with E-state index in [1.807, 2.05) is 14.1 Å². The standard InChI is InChI=1S/C35H52N4O3/c1-12-24-31(21(6)40)35(7,13-2)30-20(5)28-22(15-26(30)33(24)39(10)11)14-25-27(38(8)9)16-23(18-36-17-19(3)4)32(37-42)29(25)34(28)41/h16,19,22,26,30,33,36H,12-15,17-18H2,1-11H3/t22?,26?,30?,33-,35?/m0/s1. The number of hydrogen-bond donors (Lipinski definition) is 1. The van der Waals surface area contributed by atoms with Gasteiger partial charge in [0.25, 0.3) is 0 Å². The first-order valence-corrected chi connectivity index (χ1v) is 15.8. The van der Waals surface area contributed by atoms with Crippen LogP contribution >= 0.6 is 0 Å². The van der Waals surface area contributed by atoms with Crippen molar-refractivity contribution in [2.45, 2.75) is 86.7 Å². The summed E-state index contributed by atoms with van der Waals surface area (Å²) in [5, 5.41) is 6.94. The number of allylic oxidation sites excluding steroid dienone is 3. The van der Waals surface area contributed by atoms with Crippen LogP contribution in [0, 0.1) is 34.0 Å². The van der Waals surface area contributed by atoms with Crippen molar-refractivity contribution in [3.63, 3.8) is 0 Å². The Balaban J connectivity index is 1.96. The second-order valence-electron chi connectivity index (χ2n) is 14.0. The zero-order chi connectivity index (χ0) is 31.3. The van der Waals surface area contributed by atoms with Crippen LogP contribution in [0.4, 0.5) is 11.4 Å². The van der Waals surface area contributed by atoms with Crippen molar-refractivity contribution >= 4 is 22.9 Å². The van der Waals surface area contributed by atoms with E-state index in [0.29, 0.717) is 24.4 Å². The number of likely N-dealkylation sites (N-methyl/N-ethyl adjacent to an activating group) is 1. The number of nitrogens with zero attached hydrogens (tertiary/aromatic N) is 3. The number of nitrogens with one attached hydrogen (secondary N) is 1. The van der Waals surface area contributed by atoms with Gasteiger partial charge >= 0.3 is 0 Å². The van der Waals surface area contributed by atoms with Crippen molar-refractivity contribution in [3.8, 4) is 0 Å². The lowest BCUT2D eigenvalue weighted by Gasteiger charge is -2.57. The lowest BCUT2D eigenvalue weighted by molar-refractivity contribution is -0.115. The number of ketones is 2. The summed E-state index contributed by atoms with van der Waals surface area (Å²) in [7, 11) is 8.26. The molecule has 230 valence electrons. The molecular formula is C35H52N4O3. The predicted octanol–water partition coefficient (Wildman–Crippen LogP) is 6.86. The minimum Gasteiger partial charge on any atom is -0.377 e. The smallest absolute Gasteiger partial charge is 0.191 e. The Hall–Kier alpha value is -2.64. The number of anilines is 1. The summed E-state index contributed by atoms with van der Waals surface area (Å²) in [5.41, 5.74) is 7.28. The second kappa shape index (κ2) is 12.2. The maximum Gasteiger partial charge on any atom is 0.191 e. The summed E-state index contributed by atoms with van der Waals surface area (Å²) in [6.07, 6.45) is 3.25. The largest absolute Gasteiger partial charge is 0.377 e. The fourth-order valence-electron chi connectivity index (χ4n) is 8.96. The summed E-state index contributed by atoms with van der Waals surface area (Å²) >= 11 is 0. The molecule has 0 saturated carbocycles. The molecule has 0 heterocycles. The van der Waals surface area contributed by atoms with Crippen molar-refractivity contribution < 1.29 is 9.59 Å². The molecule has 0 amide bonds. The highest BCUT2D eigenvalue weighted by molar-refractivity contribution is 6.16. The minimum absolute atomic E-state index is 0.0462. The number of rotatable bonds is 10. The van der Waals surface area contributed by atoms with Gasteiger partial charge in [-0.25, -0.2) is 0 Å². The Labute approximate surface area is 253 Å². The number of carbonyl (C=O) groups is 2. The van der Waals surface area contributed by atoms with Crippen LogP contribution in [-0.4, -0.2) is 57.2 Å². The van der Waals surface area contributed by atoms with Crippen LogP contribution in [0.5, 0.6) is 0 Å². The lowest BCUT2D eigenvalue weighted by atomic mass is 9.49. The van der Waals surface area contributed by atoms with Gasteiger partial charge in [0, 0.05) is 48.9 Å². The first-order chi connectivity index (χ1) is 19.7. The topological polar surface area (TPSA) is 82.1 Å². The highest BCUT2D eigenvalue weighted by atomic mass is 16.3. The number of nitroso groups, excluding NO2 is 1. The monoisotopic (exact) mass is 576 g/mol. The third-order valence-corrected chi connectivity index (χ3v) is 10.5. The van der Waals surface area contributed by atoms with Gasteiger partial charge in [0.2, 0.25) is 0 Å². The average molecular weight is 577 g/mol. The van der Waals surface area contributed by atoms with Gasteiger partial charge in [-0.15, -0.1) is 4.91 Å². The molecule has 7 heteroatoms. The molecular weight excluding hydrogens is 524 g/mol. The second-order valence-corrected chi connectivity index (χ2v) is 14.0. The quantitative estimate of drug-likeness (QED) is 0.307. The Kier molecular flexibility index (Phi) is 9.34. The molecule has 3 aliphatic rings. The molecule has 42 heavy (non-hydrogen) atoms. The van der Waals surface area contributed by atoms with Crippen molar-refractivity contribution in [1.82, 2.24) is 10.2 Å². The molecule has 3 aliphatic carbocycles. The highest BCUT2D eigenvalue weighted by Gasteiger charge is 2.56. The molecule has 0 aliphatic heterocycles. The zero-order valence-electron chi connectivity index (χ0n) is 27.8. The van der Waals surface area contributed by atoms with E-state index in [2.05, 4.69) is 82.0 Å². The van der Waals surface area contributed by atoms with Crippen LogP contribution in [0.2, 0.25) is 0 Å². The molecule has 0 radical (unpaired) electrons. The molecule has 0 fully saturated rings. The zero-order valence-corrected chi connectivity index (χ0v) is 27.8. The first-order valence-electron chi connectivity index (χ1n) is 15.8. The number of Topliss-reactive ketones (excluding diaryl/α,β-unsaturated/α-hetero) is 2. The molecule has 1 aromatic carbocycles. The summed E-state index contributed by atoms with van der Waals surface area (Å²) in [6.45, 7) is 16.0. The van der Waals surface area contributed by atoms with Gasteiger partial charge in [-0.05, 0) is 112 Å². The van der Waals surface area contributed by atoms with Crippen LogP contribution in [-0.2, 0) is 17.8 Å². The Morgan fingerprint density at radius 1 is 1.19 bits per heavy atom. The van der Waals surface area contributed by atoms with E-state index in [4.69, 9.17) is 0 Å². The van der Waals surface area contributed by atoms with Gasteiger partial charge in [-0.2, -0.15) is 0 Å². The summed E-state index contributed by atoms with van der Waals surface area (Å²) < 4.78 is 0. The maximum atomic E-state index is 14.7. The molecule has 4 unspecified atom stereocenters. The molecule has 4 rings (SSSR count). The Morgan fingerprint density at radius 2 is 1.86 bits per heavy atom. The van der Waals surface area contributed by atoms with Gasteiger partial charge in [0.1, 0.15) is 5.69 Å². The molecule has 0 bridgehead atoms. The third-order valence-electron chi connectivity index (χ3n) is 10.5. The van der Waals surface area contributed by atoms with Gasteiger partial charge in [0.15, 0.2) is 11.6 Å². The number of benzene rings is 1. The van der Waals surface area contributed by atoms with Crippen molar-refractivity contribution in [1.29, 1.82) is 0 Å². The van der Waals surface area contributed by atoms with Gasteiger partial charge in [-0.3, -0.25) is 9.59 Å². The molecule has 0 spiro atoms. The van der Waals surface area contributed by atoms with E-state index < -0.39 is 0 Å². The fraction of sp³-hybridized carbons (Fsp3) is 0.657. The fourth-order valence-corrected chi connectivity index (χ4v) is 8.96. The molecule has 7 nitrogen and oxygen atoms in total. The van der Waals surface area contributed by atoms with E-state index in [9.17, 15) is 14.5 Å². The van der Waals surface area contributed by atoms with Crippen LogP contribution in [0.3, 0.4) is 0 Å². The van der Waals surface area contributed by atoms with Crippen LogP contribution in [0.25, 0.3) is 0 Å². The van der Waals surface area contributed by atoms with Crippen molar-refractivity contribution in [2.24, 2.45) is 34.3 Å². The first kappa shape index (κ1) is 32.3. The molecule has 1 N–H and O–H groups in total. The SMILES string of the molecule is CCC1=C(C(C)=O)C(C)(CC)C2C(C)=C3C(=O)c4c(c(N(C)C)cc(CNCC(C)C)c4N=O)CC3CC2[C@H]1N(C)C. The Bertz CT molecular complexity index is 1340.